The third kappa shape index (κ3) is 6.67. The van der Waals surface area contributed by atoms with Crippen LogP contribution in [-0.4, -0.2) is 40.6 Å². The molecule has 0 saturated heterocycles. The van der Waals surface area contributed by atoms with Crippen LogP contribution >= 0.6 is 11.6 Å². The fourth-order valence-electron chi connectivity index (χ4n) is 4.87. The van der Waals surface area contributed by atoms with Crippen molar-refractivity contribution < 1.29 is 19.4 Å². The average molecular weight is 506 g/mol. The largest absolute Gasteiger partial charge is 0.487 e. The van der Waals surface area contributed by atoms with Gasteiger partial charge in [-0.05, 0) is 72.7 Å². The smallest absolute Gasteiger partial charge is 0.323 e. The molecule has 6 heteroatoms. The Morgan fingerprint density at radius 1 is 1.03 bits per heavy atom. The van der Waals surface area contributed by atoms with Crippen LogP contribution in [0.2, 0.25) is 5.02 Å². The molecule has 1 amide bonds. The van der Waals surface area contributed by atoms with Crippen LogP contribution < -0.4 is 4.74 Å². The number of fused-ring (bicyclic) bond motifs is 1. The number of nitrogens with zero attached hydrogens (tertiary/aromatic N) is 1. The van der Waals surface area contributed by atoms with E-state index in [0.717, 1.165) is 45.9 Å². The van der Waals surface area contributed by atoms with Crippen molar-refractivity contribution in [2.75, 3.05) is 13.1 Å². The predicted molar refractivity (Wildman–Crippen MR) is 142 cm³/mol. The molecule has 0 fully saturated rings. The second-order valence-corrected chi connectivity index (χ2v) is 10.3. The van der Waals surface area contributed by atoms with Gasteiger partial charge >= 0.3 is 5.97 Å². The van der Waals surface area contributed by atoms with Gasteiger partial charge in [0, 0.05) is 30.8 Å². The Bertz CT molecular complexity index is 1240. The first-order valence-electron chi connectivity index (χ1n) is 12.3. The number of aliphatic carboxylic acids is 1. The average Bonchev–Trinajstić information content (AvgIpc) is 3.17. The van der Waals surface area contributed by atoms with Gasteiger partial charge in [0.2, 0.25) is 5.91 Å². The zero-order chi connectivity index (χ0) is 25.7. The minimum absolute atomic E-state index is 0.143. The maximum atomic E-state index is 13.0. The van der Waals surface area contributed by atoms with E-state index in [4.69, 9.17) is 16.3 Å². The van der Waals surface area contributed by atoms with E-state index in [9.17, 15) is 14.7 Å². The summed E-state index contributed by atoms with van der Waals surface area (Å²) in [6, 6.07) is 21.9. The highest BCUT2D eigenvalue weighted by Crippen LogP contribution is 2.37. The van der Waals surface area contributed by atoms with E-state index >= 15 is 0 Å². The molecule has 0 saturated carbocycles. The number of benzene rings is 3. The number of rotatable bonds is 10. The first kappa shape index (κ1) is 25.8. The van der Waals surface area contributed by atoms with Gasteiger partial charge in [-0.3, -0.25) is 9.59 Å². The molecule has 1 heterocycles. The molecule has 0 unspecified atom stereocenters. The molecule has 0 spiro atoms. The third-order valence-electron chi connectivity index (χ3n) is 6.76. The van der Waals surface area contributed by atoms with Gasteiger partial charge in [-0.25, -0.2) is 0 Å². The number of carboxylic acid groups (broad SMARTS) is 1. The van der Waals surface area contributed by atoms with E-state index in [-0.39, 0.29) is 24.5 Å². The summed E-state index contributed by atoms with van der Waals surface area (Å²) < 4.78 is 6.30. The van der Waals surface area contributed by atoms with E-state index in [2.05, 4.69) is 13.0 Å². The maximum absolute atomic E-state index is 13.0. The van der Waals surface area contributed by atoms with Crippen LogP contribution in [0.25, 0.3) is 0 Å². The highest BCUT2D eigenvalue weighted by molar-refractivity contribution is 6.30. The molecule has 0 radical (unpaired) electrons. The van der Waals surface area contributed by atoms with Gasteiger partial charge in [0.1, 0.15) is 17.9 Å². The third-order valence-corrected chi connectivity index (χ3v) is 7.01. The van der Waals surface area contributed by atoms with Crippen molar-refractivity contribution in [2.45, 2.75) is 51.6 Å². The minimum atomic E-state index is -0.997. The van der Waals surface area contributed by atoms with E-state index in [1.807, 2.05) is 67.6 Å². The first-order valence-corrected chi connectivity index (χ1v) is 12.7. The standard InChI is InChI=1S/C30H32ClNO4/c1-21-5-3-4-6-24(21)15-16-32(20-29(34)35)28(33)14-10-22-9-13-27-25(17-22)19-30(2,36-27)18-23-7-11-26(31)12-8-23/h3-9,11-13,17H,10,14-16,18-20H2,1-2H3,(H,34,35)/t30-/m1/s1. The first-order chi connectivity index (χ1) is 17.2. The molecular weight excluding hydrogens is 474 g/mol. The number of amides is 1. The Morgan fingerprint density at radius 2 is 1.75 bits per heavy atom. The van der Waals surface area contributed by atoms with Gasteiger partial charge in [0.15, 0.2) is 0 Å². The Hall–Kier alpha value is -3.31. The van der Waals surface area contributed by atoms with Gasteiger partial charge < -0.3 is 14.7 Å². The SMILES string of the molecule is Cc1ccccc1CCN(CC(=O)O)C(=O)CCc1ccc2c(c1)C[C@@](C)(Cc1ccc(Cl)cc1)O2. The second kappa shape index (κ2) is 11.2. The molecule has 5 nitrogen and oxygen atoms in total. The topological polar surface area (TPSA) is 66.8 Å². The molecule has 3 aromatic carbocycles. The molecule has 3 aromatic rings. The lowest BCUT2D eigenvalue weighted by Crippen LogP contribution is -2.37. The van der Waals surface area contributed by atoms with Crippen LogP contribution in [0.5, 0.6) is 5.75 Å². The quantitative estimate of drug-likeness (QED) is 0.385. The van der Waals surface area contributed by atoms with Crippen LogP contribution in [0.15, 0.2) is 66.7 Å². The number of carbonyl (C=O) groups excluding carboxylic acids is 1. The van der Waals surface area contributed by atoms with Crippen LogP contribution in [0, 0.1) is 6.92 Å². The lowest BCUT2D eigenvalue weighted by Gasteiger charge is -2.24. The van der Waals surface area contributed by atoms with Crippen LogP contribution in [0.1, 0.15) is 41.2 Å². The number of carbonyl (C=O) groups is 2. The summed E-state index contributed by atoms with van der Waals surface area (Å²) in [5.41, 5.74) is 5.29. The van der Waals surface area contributed by atoms with Gasteiger partial charge in [0.25, 0.3) is 0 Å². The zero-order valence-electron chi connectivity index (χ0n) is 20.8. The molecular formula is C30H32ClNO4. The normalized spacial score (nSPS) is 16.3. The Kier molecular flexibility index (Phi) is 8.00. The van der Waals surface area contributed by atoms with Crippen molar-refractivity contribution in [1.82, 2.24) is 4.90 Å². The Morgan fingerprint density at radius 3 is 2.47 bits per heavy atom. The minimum Gasteiger partial charge on any atom is -0.487 e. The summed E-state index contributed by atoms with van der Waals surface area (Å²) in [5, 5.41) is 10.0. The van der Waals surface area contributed by atoms with Crippen molar-refractivity contribution >= 4 is 23.5 Å². The number of aryl methyl sites for hydroxylation is 2. The molecule has 1 aliphatic rings. The van der Waals surface area contributed by atoms with E-state index in [1.54, 1.807) is 0 Å². The monoisotopic (exact) mass is 505 g/mol. The molecule has 0 bridgehead atoms. The molecule has 0 aliphatic carbocycles. The van der Waals surface area contributed by atoms with E-state index < -0.39 is 5.97 Å². The summed E-state index contributed by atoms with van der Waals surface area (Å²) in [6.07, 6.45) is 3.02. The van der Waals surface area contributed by atoms with Gasteiger partial charge in [-0.15, -0.1) is 0 Å². The van der Waals surface area contributed by atoms with Crippen LogP contribution in [0.3, 0.4) is 0 Å². The maximum Gasteiger partial charge on any atom is 0.323 e. The van der Waals surface area contributed by atoms with Crippen LogP contribution in [-0.2, 0) is 35.3 Å². The summed E-state index contributed by atoms with van der Waals surface area (Å²) >= 11 is 6.01. The number of ether oxygens (including phenoxy) is 1. The summed E-state index contributed by atoms with van der Waals surface area (Å²) in [4.78, 5) is 25.8. The second-order valence-electron chi connectivity index (χ2n) is 9.86. The summed E-state index contributed by atoms with van der Waals surface area (Å²) in [7, 11) is 0. The fraction of sp³-hybridized carbons (Fsp3) is 0.333. The van der Waals surface area contributed by atoms with Crippen molar-refractivity contribution in [3.63, 3.8) is 0 Å². The highest BCUT2D eigenvalue weighted by Gasteiger charge is 2.35. The lowest BCUT2D eigenvalue weighted by atomic mass is 9.91. The molecule has 188 valence electrons. The fourth-order valence-corrected chi connectivity index (χ4v) is 5.00. The Labute approximate surface area is 217 Å². The molecule has 36 heavy (non-hydrogen) atoms. The van der Waals surface area contributed by atoms with Gasteiger partial charge in [-0.1, -0.05) is 60.1 Å². The molecule has 1 atom stereocenters. The van der Waals surface area contributed by atoms with Crippen molar-refractivity contribution in [3.8, 4) is 5.75 Å². The van der Waals surface area contributed by atoms with Crippen molar-refractivity contribution in [1.29, 1.82) is 0 Å². The van der Waals surface area contributed by atoms with E-state index in [1.165, 1.54) is 10.5 Å². The highest BCUT2D eigenvalue weighted by atomic mass is 35.5. The molecule has 1 aliphatic heterocycles. The molecule has 1 N–H and O–H groups in total. The predicted octanol–water partition coefficient (Wildman–Crippen LogP) is 5.67. The van der Waals surface area contributed by atoms with Gasteiger partial charge in [-0.2, -0.15) is 0 Å². The summed E-state index contributed by atoms with van der Waals surface area (Å²) in [6.45, 7) is 4.24. The Balaban J connectivity index is 1.36. The molecule has 0 aromatic heterocycles. The zero-order valence-corrected chi connectivity index (χ0v) is 21.6. The lowest BCUT2D eigenvalue weighted by molar-refractivity contribution is -0.144. The number of hydrogen-bond acceptors (Lipinski definition) is 3. The van der Waals surface area contributed by atoms with Gasteiger partial charge in [0.05, 0.1) is 0 Å². The number of halogens is 1. The molecule has 4 rings (SSSR count). The number of carboxylic acids is 1. The van der Waals surface area contributed by atoms with Crippen molar-refractivity contribution in [2.24, 2.45) is 0 Å². The summed E-state index contributed by atoms with van der Waals surface area (Å²) in [5.74, 6) is -0.259. The van der Waals surface area contributed by atoms with E-state index in [0.29, 0.717) is 19.4 Å². The number of hydrogen-bond donors (Lipinski definition) is 1. The van der Waals surface area contributed by atoms with Crippen LogP contribution in [0.4, 0.5) is 0 Å². The van der Waals surface area contributed by atoms with Crippen molar-refractivity contribution in [3.05, 3.63) is 99.6 Å².